The predicted octanol–water partition coefficient (Wildman–Crippen LogP) is 3.85. The molecule has 0 heterocycles. The van der Waals surface area contributed by atoms with Crippen molar-refractivity contribution in [2.24, 2.45) is 4.99 Å². The molecule has 0 saturated heterocycles. The van der Waals surface area contributed by atoms with Crippen molar-refractivity contribution in [2.45, 2.75) is 26.0 Å². The second-order valence-electron chi connectivity index (χ2n) is 4.65. The van der Waals surface area contributed by atoms with E-state index >= 15 is 0 Å². The van der Waals surface area contributed by atoms with E-state index in [1.54, 1.807) is 18.8 Å². The number of unbranched alkanes of at least 4 members (excludes halogenated alkanes) is 1. The molecule has 1 aromatic carbocycles. The van der Waals surface area contributed by atoms with E-state index in [2.05, 4.69) is 26.6 Å². The maximum Gasteiger partial charge on any atom is 0.387 e. The maximum absolute atomic E-state index is 13.8. The second kappa shape index (κ2) is 13.5. The molecular weight excluding hydrogens is 454 g/mol. The van der Waals surface area contributed by atoms with Crippen LogP contribution in [0.1, 0.15) is 18.4 Å². The molecule has 1 rings (SSSR count). The van der Waals surface area contributed by atoms with Crippen LogP contribution in [0.25, 0.3) is 0 Å². The fourth-order valence-electron chi connectivity index (χ4n) is 1.89. The molecule has 0 spiro atoms. The first kappa shape index (κ1) is 23.2. The number of benzene rings is 1. The molecule has 1 aromatic rings. The third-order valence-corrected chi connectivity index (χ3v) is 3.71. The lowest BCUT2D eigenvalue weighted by atomic mass is 10.2. The Balaban J connectivity index is 0.00000529. The molecule has 9 heteroatoms. The summed E-state index contributed by atoms with van der Waals surface area (Å²) in [4.78, 5) is 4.02. The van der Waals surface area contributed by atoms with Crippen LogP contribution in [0.5, 0.6) is 5.75 Å². The summed E-state index contributed by atoms with van der Waals surface area (Å²) in [6.45, 7) is -2.26. The van der Waals surface area contributed by atoms with E-state index in [4.69, 9.17) is 0 Å². The van der Waals surface area contributed by atoms with Crippen molar-refractivity contribution in [1.82, 2.24) is 10.6 Å². The van der Waals surface area contributed by atoms with E-state index in [9.17, 15) is 13.2 Å². The monoisotopic (exact) mass is 477 g/mol. The fourth-order valence-corrected chi connectivity index (χ4v) is 2.38. The number of aliphatic imine (C=N–C) groups is 1. The van der Waals surface area contributed by atoms with Crippen LogP contribution >= 0.6 is 35.7 Å². The van der Waals surface area contributed by atoms with Crippen molar-refractivity contribution >= 4 is 41.7 Å². The lowest BCUT2D eigenvalue weighted by Gasteiger charge is -2.15. The minimum Gasteiger partial charge on any atom is -0.434 e. The largest absolute Gasteiger partial charge is 0.434 e. The van der Waals surface area contributed by atoms with E-state index in [0.717, 1.165) is 25.1 Å². The molecule has 0 atom stereocenters. The lowest BCUT2D eigenvalue weighted by Crippen LogP contribution is -2.37. The first-order valence-electron chi connectivity index (χ1n) is 7.24. The first-order valence-corrected chi connectivity index (χ1v) is 8.63. The van der Waals surface area contributed by atoms with Gasteiger partial charge in [0, 0.05) is 25.7 Å². The second-order valence-corrected chi connectivity index (χ2v) is 5.63. The smallest absolute Gasteiger partial charge is 0.387 e. The van der Waals surface area contributed by atoms with Gasteiger partial charge in [-0.15, -0.1) is 24.0 Å². The minimum absolute atomic E-state index is 0. The van der Waals surface area contributed by atoms with Gasteiger partial charge >= 0.3 is 6.61 Å². The van der Waals surface area contributed by atoms with E-state index in [-0.39, 0.29) is 41.8 Å². The summed E-state index contributed by atoms with van der Waals surface area (Å²) in [6.07, 6.45) is 4.13. The van der Waals surface area contributed by atoms with Crippen molar-refractivity contribution in [3.63, 3.8) is 0 Å². The number of alkyl halides is 2. The number of nitrogens with zero attached hydrogens (tertiary/aromatic N) is 1. The van der Waals surface area contributed by atoms with Gasteiger partial charge in [0.1, 0.15) is 11.6 Å². The molecule has 0 fully saturated rings. The van der Waals surface area contributed by atoms with Crippen LogP contribution < -0.4 is 15.4 Å². The van der Waals surface area contributed by atoms with Crippen molar-refractivity contribution in [3.05, 3.63) is 29.6 Å². The number of guanidine groups is 1. The van der Waals surface area contributed by atoms with Gasteiger partial charge in [0.05, 0.1) is 0 Å². The topological polar surface area (TPSA) is 45.7 Å². The Hall–Kier alpha value is -0.840. The van der Waals surface area contributed by atoms with Gasteiger partial charge in [0.25, 0.3) is 0 Å². The van der Waals surface area contributed by atoms with E-state index in [1.165, 1.54) is 18.2 Å². The summed E-state index contributed by atoms with van der Waals surface area (Å²) in [6, 6.07) is 3.84. The van der Waals surface area contributed by atoms with Crippen LogP contribution in [-0.2, 0) is 6.54 Å². The summed E-state index contributed by atoms with van der Waals surface area (Å²) >= 11 is 1.79. The summed E-state index contributed by atoms with van der Waals surface area (Å²) in [5, 5.41) is 6.00. The van der Waals surface area contributed by atoms with E-state index in [0.29, 0.717) is 5.96 Å². The zero-order valence-corrected chi connectivity index (χ0v) is 16.8. The van der Waals surface area contributed by atoms with Gasteiger partial charge in [-0.1, -0.05) is 6.07 Å². The Bertz CT molecular complexity index is 507. The highest BCUT2D eigenvalue weighted by molar-refractivity contribution is 14.0. The van der Waals surface area contributed by atoms with Crippen molar-refractivity contribution < 1.29 is 17.9 Å². The normalized spacial score (nSPS) is 11.2. The average molecular weight is 477 g/mol. The SMILES string of the molecule is CN=C(NCCCCSC)NCc1c(F)cccc1OC(F)F.I. The zero-order valence-electron chi connectivity index (χ0n) is 13.7. The molecule has 0 saturated carbocycles. The Kier molecular flexibility index (Phi) is 13.0. The number of thioether (sulfide) groups is 1. The Morgan fingerprint density at radius 1 is 1.29 bits per heavy atom. The Morgan fingerprint density at radius 2 is 2.04 bits per heavy atom. The molecule has 0 aliphatic carbocycles. The number of rotatable bonds is 9. The van der Waals surface area contributed by atoms with E-state index in [1.807, 2.05) is 0 Å². The lowest BCUT2D eigenvalue weighted by molar-refractivity contribution is -0.0506. The summed E-state index contributed by atoms with van der Waals surface area (Å²) in [5.41, 5.74) is 0.0399. The standard InChI is InChI=1S/C15H22F3N3OS.HI/c1-19-15(20-8-3-4-9-23-2)21-10-11-12(16)6-5-7-13(11)22-14(17)18;/h5-7,14H,3-4,8-10H2,1-2H3,(H2,19,20,21);1H. The molecular formula is C15H23F3IN3OS. The maximum atomic E-state index is 13.8. The van der Waals surface area contributed by atoms with Crippen molar-refractivity contribution in [2.75, 3.05) is 25.6 Å². The molecule has 24 heavy (non-hydrogen) atoms. The third kappa shape index (κ3) is 8.86. The highest BCUT2D eigenvalue weighted by atomic mass is 127. The number of nitrogens with one attached hydrogen (secondary N) is 2. The van der Waals surface area contributed by atoms with Gasteiger partial charge in [0.2, 0.25) is 0 Å². The van der Waals surface area contributed by atoms with Crippen LogP contribution in [0.2, 0.25) is 0 Å². The van der Waals surface area contributed by atoms with Gasteiger partial charge in [-0.05, 0) is 37.0 Å². The molecule has 138 valence electrons. The molecule has 0 aliphatic heterocycles. The van der Waals surface area contributed by atoms with Gasteiger partial charge in [-0.25, -0.2) is 4.39 Å². The van der Waals surface area contributed by atoms with E-state index < -0.39 is 12.4 Å². The molecule has 0 aromatic heterocycles. The summed E-state index contributed by atoms with van der Waals surface area (Å²) in [7, 11) is 1.59. The molecule has 0 bridgehead atoms. The highest BCUT2D eigenvalue weighted by Crippen LogP contribution is 2.23. The molecule has 2 N–H and O–H groups in total. The number of hydrogen-bond acceptors (Lipinski definition) is 3. The number of hydrogen-bond donors (Lipinski definition) is 2. The van der Waals surface area contributed by atoms with Crippen LogP contribution in [0.3, 0.4) is 0 Å². The van der Waals surface area contributed by atoms with Gasteiger partial charge < -0.3 is 15.4 Å². The van der Waals surface area contributed by atoms with Crippen molar-refractivity contribution in [3.8, 4) is 5.75 Å². The Morgan fingerprint density at radius 3 is 2.67 bits per heavy atom. The summed E-state index contributed by atoms with van der Waals surface area (Å²) < 4.78 is 42.9. The van der Waals surface area contributed by atoms with Crippen LogP contribution in [0, 0.1) is 5.82 Å². The van der Waals surface area contributed by atoms with Gasteiger partial charge in [0.15, 0.2) is 5.96 Å². The van der Waals surface area contributed by atoms with Crippen LogP contribution in [0.4, 0.5) is 13.2 Å². The average Bonchev–Trinajstić information content (AvgIpc) is 2.51. The van der Waals surface area contributed by atoms with Gasteiger partial charge in [-0.2, -0.15) is 20.5 Å². The quantitative estimate of drug-likeness (QED) is 0.246. The molecule has 0 aliphatic rings. The summed E-state index contributed by atoms with van der Waals surface area (Å²) in [5.74, 6) is 0.798. The highest BCUT2D eigenvalue weighted by Gasteiger charge is 2.14. The molecule has 4 nitrogen and oxygen atoms in total. The molecule has 0 amide bonds. The zero-order chi connectivity index (χ0) is 17.1. The molecule has 0 unspecified atom stereocenters. The Labute approximate surface area is 162 Å². The van der Waals surface area contributed by atoms with Crippen molar-refractivity contribution in [1.29, 1.82) is 0 Å². The molecule has 0 radical (unpaired) electrons. The van der Waals surface area contributed by atoms with Crippen LogP contribution in [0.15, 0.2) is 23.2 Å². The fraction of sp³-hybridized carbons (Fsp3) is 0.533. The third-order valence-electron chi connectivity index (χ3n) is 3.02. The predicted molar refractivity (Wildman–Crippen MR) is 104 cm³/mol. The first-order chi connectivity index (χ1) is 11.1. The van der Waals surface area contributed by atoms with Crippen LogP contribution in [-0.4, -0.2) is 38.2 Å². The number of halogens is 4. The van der Waals surface area contributed by atoms with Gasteiger partial charge in [-0.3, -0.25) is 4.99 Å². The minimum atomic E-state index is -3.00. The number of ether oxygens (including phenoxy) is 1.